The number of rotatable bonds is 14. The van der Waals surface area contributed by atoms with Gasteiger partial charge >= 0.3 is 0 Å². The van der Waals surface area contributed by atoms with Gasteiger partial charge in [-0.25, -0.2) is 0 Å². The van der Waals surface area contributed by atoms with E-state index in [0.717, 1.165) is 38.5 Å². The number of aliphatic hydroxyl groups is 3. The van der Waals surface area contributed by atoms with Gasteiger partial charge in [-0.3, -0.25) is 0 Å². The molecule has 5 nitrogen and oxygen atoms in total. The van der Waals surface area contributed by atoms with Crippen molar-refractivity contribution in [1.29, 1.82) is 0 Å². The van der Waals surface area contributed by atoms with Crippen LogP contribution in [0.25, 0.3) is 0 Å². The first kappa shape index (κ1) is 19.8. The molecular formula is C15H34N2O3. The summed E-state index contributed by atoms with van der Waals surface area (Å²) in [7, 11) is 0. The Hall–Kier alpha value is -0.200. The van der Waals surface area contributed by atoms with Crippen molar-refractivity contribution < 1.29 is 15.3 Å². The summed E-state index contributed by atoms with van der Waals surface area (Å²) in [6, 6.07) is 0. The van der Waals surface area contributed by atoms with Crippen LogP contribution in [0.1, 0.15) is 52.4 Å². The molecule has 0 fully saturated rings. The highest BCUT2D eigenvalue weighted by Gasteiger charge is 2.08. The van der Waals surface area contributed by atoms with E-state index < -0.39 is 6.10 Å². The SMILES string of the molecule is CCCCC(O)CNCC(O)CNCC(O)CCCC. The lowest BCUT2D eigenvalue weighted by Crippen LogP contribution is -2.40. The fourth-order valence-corrected chi connectivity index (χ4v) is 1.99. The van der Waals surface area contributed by atoms with Gasteiger partial charge in [0.1, 0.15) is 0 Å². The zero-order chi connectivity index (χ0) is 15.2. The minimum atomic E-state index is -0.494. The first-order chi connectivity index (χ1) is 9.60. The molecule has 0 radical (unpaired) electrons. The van der Waals surface area contributed by atoms with Crippen molar-refractivity contribution >= 4 is 0 Å². The summed E-state index contributed by atoms with van der Waals surface area (Å²) in [5.41, 5.74) is 0. The third-order valence-corrected chi connectivity index (χ3v) is 3.30. The Balaban J connectivity index is 3.42. The fraction of sp³-hybridized carbons (Fsp3) is 1.00. The van der Waals surface area contributed by atoms with Crippen LogP contribution in [0.5, 0.6) is 0 Å². The number of unbranched alkanes of at least 4 members (excludes halogenated alkanes) is 2. The number of hydrogen-bond donors (Lipinski definition) is 5. The maximum Gasteiger partial charge on any atom is 0.0788 e. The van der Waals surface area contributed by atoms with Gasteiger partial charge in [-0.1, -0.05) is 39.5 Å². The molecule has 0 saturated carbocycles. The molecule has 2 unspecified atom stereocenters. The van der Waals surface area contributed by atoms with Crippen LogP contribution in [0.2, 0.25) is 0 Å². The minimum absolute atomic E-state index is 0.328. The van der Waals surface area contributed by atoms with Gasteiger partial charge in [-0.15, -0.1) is 0 Å². The molecule has 0 aromatic rings. The summed E-state index contributed by atoms with van der Waals surface area (Å²) in [4.78, 5) is 0. The van der Waals surface area contributed by atoms with Gasteiger partial charge in [0.2, 0.25) is 0 Å². The van der Waals surface area contributed by atoms with Gasteiger partial charge in [0.05, 0.1) is 18.3 Å². The molecule has 0 aromatic heterocycles. The van der Waals surface area contributed by atoms with Crippen molar-refractivity contribution in [3.8, 4) is 0 Å². The Morgan fingerprint density at radius 3 is 1.35 bits per heavy atom. The van der Waals surface area contributed by atoms with Crippen molar-refractivity contribution in [1.82, 2.24) is 10.6 Å². The molecule has 0 aliphatic carbocycles. The van der Waals surface area contributed by atoms with Crippen molar-refractivity contribution in [2.24, 2.45) is 0 Å². The Morgan fingerprint density at radius 1 is 0.650 bits per heavy atom. The first-order valence-corrected chi connectivity index (χ1v) is 8.05. The summed E-state index contributed by atoms with van der Waals surface area (Å²) in [5, 5.41) is 35.1. The van der Waals surface area contributed by atoms with Crippen molar-refractivity contribution in [2.45, 2.75) is 70.7 Å². The molecule has 0 aliphatic rings. The second kappa shape index (κ2) is 13.8. The van der Waals surface area contributed by atoms with E-state index in [0.29, 0.717) is 26.2 Å². The molecule has 20 heavy (non-hydrogen) atoms. The number of aliphatic hydroxyl groups excluding tert-OH is 3. The molecule has 122 valence electrons. The van der Waals surface area contributed by atoms with Crippen LogP contribution < -0.4 is 10.6 Å². The molecule has 5 heteroatoms. The molecule has 0 bridgehead atoms. The third-order valence-electron chi connectivity index (χ3n) is 3.30. The second-order valence-electron chi connectivity index (χ2n) is 5.56. The van der Waals surface area contributed by atoms with Gasteiger partial charge in [-0.2, -0.15) is 0 Å². The van der Waals surface area contributed by atoms with E-state index >= 15 is 0 Å². The number of hydrogen-bond acceptors (Lipinski definition) is 5. The molecule has 0 amide bonds. The monoisotopic (exact) mass is 290 g/mol. The van der Waals surface area contributed by atoms with E-state index in [-0.39, 0.29) is 12.2 Å². The molecule has 0 rings (SSSR count). The zero-order valence-electron chi connectivity index (χ0n) is 13.1. The smallest absolute Gasteiger partial charge is 0.0788 e. The van der Waals surface area contributed by atoms with Crippen LogP contribution in [-0.2, 0) is 0 Å². The van der Waals surface area contributed by atoms with Crippen molar-refractivity contribution in [3.63, 3.8) is 0 Å². The van der Waals surface area contributed by atoms with E-state index in [1.807, 2.05) is 0 Å². The average molecular weight is 290 g/mol. The Morgan fingerprint density at radius 2 is 1.00 bits per heavy atom. The van der Waals surface area contributed by atoms with Crippen molar-refractivity contribution in [2.75, 3.05) is 26.2 Å². The van der Waals surface area contributed by atoms with E-state index in [9.17, 15) is 15.3 Å². The molecule has 0 aliphatic heterocycles. The number of nitrogens with one attached hydrogen (secondary N) is 2. The Kier molecular flexibility index (Phi) is 13.6. The fourth-order valence-electron chi connectivity index (χ4n) is 1.99. The van der Waals surface area contributed by atoms with Gasteiger partial charge in [0.15, 0.2) is 0 Å². The molecule has 0 aromatic carbocycles. The lowest BCUT2D eigenvalue weighted by molar-refractivity contribution is 0.127. The Bertz CT molecular complexity index is 186. The Labute approximate surface area is 123 Å². The summed E-state index contributed by atoms with van der Waals surface area (Å²) >= 11 is 0. The molecular weight excluding hydrogens is 256 g/mol. The predicted octanol–water partition coefficient (Wildman–Crippen LogP) is 0.629. The molecule has 2 atom stereocenters. The van der Waals surface area contributed by atoms with E-state index in [1.165, 1.54) is 0 Å². The zero-order valence-corrected chi connectivity index (χ0v) is 13.1. The third kappa shape index (κ3) is 12.8. The lowest BCUT2D eigenvalue weighted by atomic mass is 10.1. The minimum Gasteiger partial charge on any atom is -0.392 e. The highest BCUT2D eigenvalue weighted by Crippen LogP contribution is 1.99. The van der Waals surface area contributed by atoms with Gasteiger partial charge < -0.3 is 26.0 Å². The average Bonchev–Trinajstić information content (AvgIpc) is 2.42. The predicted molar refractivity (Wildman–Crippen MR) is 82.8 cm³/mol. The summed E-state index contributed by atoms with van der Waals surface area (Å²) in [6.45, 7) is 6.17. The van der Waals surface area contributed by atoms with Crippen LogP contribution in [-0.4, -0.2) is 59.8 Å². The van der Waals surface area contributed by atoms with Crippen LogP contribution in [0.15, 0.2) is 0 Å². The molecule has 5 N–H and O–H groups in total. The summed E-state index contributed by atoms with van der Waals surface area (Å²) < 4.78 is 0. The van der Waals surface area contributed by atoms with E-state index in [2.05, 4.69) is 24.5 Å². The van der Waals surface area contributed by atoms with Crippen LogP contribution in [0, 0.1) is 0 Å². The molecule has 0 saturated heterocycles. The van der Waals surface area contributed by atoms with E-state index in [1.54, 1.807) is 0 Å². The largest absolute Gasteiger partial charge is 0.392 e. The first-order valence-electron chi connectivity index (χ1n) is 8.05. The summed E-state index contributed by atoms with van der Waals surface area (Å²) in [5.74, 6) is 0. The van der Waals surface area contributed by atoms with Gasteiger partial charge in [0, 0.05) is 26.2 Å². The van der Waals surface area contributed by atoms with E-state index in [4.69, 9.17) is 0 Å². The second-order valence-corrected chi connectivity index (χ2v) is 5.56. The summed E-state index contributed by atoms with van der Waals surface area (Å²) in [6.07, 6.45) is 4.70. The topological polar surface area (TPSA) is 84.8 Å². The van der Waals surface area contributed by atoms with Crippen LogP contribution in [0.4, 0.5) is 0 Å². The van der Waals surface area contributed by atoms with Crippen molar-refractivity contribution in [3.05, 3.63) is 0 Å². The maximum atomic E-state index is 9.74. The standard InChI is InChI=1S/C15H34N2O3/c1-3-5-7-13(18)9-16-11-15(20)12-17-10-14(19)8-6-4-2/h13-20H,3-12H2,1-2H3. The quantitative estimate of drug-likeness (QED) is 0.324. The van der Waals surface area contributed by atoms with Crippen LogP contribution >= 0.6 is 0 Å². The maximum absolute atomic E-state index is 9.74. The highest BCUT2D eigenvalue weighted by molar-refractivity contribution is 4.67. The van der Waals surface area contributed by atoms with Gasteiger partial charge in [-0.05, 0) is 12.8 Å². The highest BCUT2D eigenvalue weighted by atomic mass is 16.3. The molecule has 0 spiro atoms. The normalized spacial score (nSPS) is 16.1. The lowest BCUT2D eigenvalue weighted by Gasteiger charge is -2.16. The van der Waals surface area contributed by atoms with Gasteiger partial charge in [0.25, 0.3) is 0 Å². The van der Waals surface area contributed by atoms with Crippen LogP contribution in [0.3, 0.4) is 0 Å². The molecule has 0 heterocycles.